The highest BCUT2D eigenvalue weighted by Gasteiger charge is 2.42. The van der Waals surface area contributed by atoms with Crippen LogP contribution in [0.1, 0.15) is 52.0 Å². The van der Waals surface area contributed by atoms with Crippen molar-refractivity contribution in [1.29, 1.82) is 0 Å². The van der Waals surface area contributed by atoms with Gasteiger partial charge in [-0.2, -0.15) is 0 Å². The van der Waals surface area contributed by atoms with Crippen LogP contribution in [-0.2, 0) is 14.4 Å². The molecule has 0 spiro atoms. The van der Waals surface area contributed by atoms with Crippen molar-refractivity contribution in [3.8, 4) is 0 Å². The highest BCUT2D eigenvalue weighted by atomic mass is 16.2. The van der Waals surface area contributed by atoms with Crippen LogP contribution in [0.15, 0.2) is 30.3 Å². The van der Waals surface area contributed by atoms with Crippen molar-refractivity contribution in [1.82, 2.24) is 5.32 Å². The molecule has 2 N–H and O–H groups in total. The average Bonchev–Trinajstić information content (AvgIpc) is 3.03. The Morgan fingerprint density at radius 3 is 2.20 bits per heavy atom. The van der Waals surface area contributed by atoms with Gasteiger partial charge in [0.2, 0.25) is 11.8 Å². The second-order valence-electron chi connectivity index (χ2n) is 6.95. The molecule has 0 aliphatic heterocycles. The third-order valence-corrected chi connectivity index (χ3v) is 4.46. The molecule has 1 aromatic carbocycles. The van der Waals surface area contributed by atoms with Crippen molar-refractivity contribution in [3.05, 3.63) is 35.9 Å². The van der Waals surface area contributed by atoms with Gasteiger partial charge in [-0.25, -0.2) is 0 Å². The first-order valence-electron chi connectivity index (χ1n) is 8.74. The van der Waals surface area contributed by atoms with Gasteiger partial charge < -0.3 is 10.6 Å². The molecule has 0 radical (unpaired) electrons. The molecule has 25 heavy (non-hydrogen) atoms. The fraction of sp³-hybridized carbons (Fsp3) is 0.450. The number of hydrogen-bond acceptors (Lipinski definition) is 3. The number of carbonyl (C=O) groups excluding carboxylic acids is 3. The first kappa shape index (κ1) is 18.9. The average molecular weight is 342 g/mol. The van der Waals surface area contributed by atoms with Crippen LogP contribution in [0.25, 0.3) is 6.08 Å². The fourth-order valence-corrected chi connectivity index (χ4v) is 2.91. The first-order valence-corrected chi connectivity index (χ1v) is 8.74. The van der Waals surface area contributed by atoms with Crippen LogP contribution in [-0.4, -0.2) is 23.1 Å². The largest absolute Gasteiger partial charge is 0.341 e. The molecule has 0 atom stereocenters. The smallest absolute Gasteiger partial charge is 0.250 e. The number of nitrogens with one attached hydrogen (secondary N) is 2. The maximum atomic E-state index is 12.8. The van der Waals surface area contributed by atoms with E-state index in [0.717, 1.165) is 18.4 Å². The van der Waals surface area contributed by atoms with Crippen LogP contribution in [0.2, 0.25) is 0 Å². The summed E-state index contributed by atoms with van der Waals surface area (Å²) in [5.41, 5.74) is 0.751. The molecule has 2 amide bonds. The number of amides is 2. The molecule has 5 nitrogen and oxygen atoms in total. The quantitative estimate of drug-likeness (QED) is 0.779. The van der Waals surface area contributed by atoms with Gasteiger partial charge in [0.25, 0.3) is 0 Å². The summed E-state index contributed by atoms with van der Waals surface area (Å²) >= 11 is 0. The summed E-state index contributed by atoms with van der Waals surface area (Å²) in [7, 11) is 0. The summed E-state index contributed by atoms with van der Waals surface area (Å²) in [6, 6.07) is 7.27. The van der Waals surface area contributed by atoms with Crippen molar-refractivity contribution in [2.45, 2.75) is 52.0 Å². The first-order chi connectivity index (χ1) is 11.8. The molecule has 1 saturated carbocycles. The minimum absolute atomic E-state index is 0.0125. The molecule has 1 aromatic rings. The van der Waals surface area contributed by atoms with Crippen LogP contribution in [0.4, 0.5) is 5.69 Å². The molecule has 1 fully saturated rings. The van der Waals surface area contributed by atoms with Crippen molar-refractivity contribution in [3.63, 3.8) is 0 Å². The molecule has 134 valence electrons. The van der Waals surface area contributed by atoms with Gasteiger partial charge in [0.05, 0.1) is 0 Å². The van der Waals surface area contributed by atoms with Crippen molar-refractivity contribution in [2.75, 3.05) is 5.32 Å². The summed E-state index contributed by atoms with van der Waals surface area (Å²) < 4.78 is 0. The Morgan fingerprint density at radius 2 is 1.68 bits per heavy atom. The topological polar surface area (TPSA) is 75.3 Å². The molecule has 0 heterocycles. The Balaban J connectivity index is 2.08. The zero-order chi connectivity index (χ0) is 18.4. The van der Waals surface area contributed by atoms with Crippen LogP contribution >= 0.6 is 0 Å². The van der Waals surface area contributed by atoms with Gasteiger partial charge in [0.1, 0.15) is 5.54 Å². The monoisotopic (exact) mass is 342 g/mol. The molecular formula is C20H26N2O3. The summed E-state index contributed by atoms with van der Waals surface area (Å²) in [6.07, 6.45) is 6.42. The predicted octanol–water partition coefficient (Wildman–Crippen LogP) is 3.31. The molecular weight excluding hydrogens is 316 g/mol. The van der Waals surface area contributed by atoms with Gasteiger partial charge in [-0.15, -0.1) is 0 Å². The van der Waals surface area contributed by atoms with E-state index < -0.39 is 5.54 Å². The Morgan fingerprint density at radius 1 is 1.08 bits per heavy atom. The lowest BCUT2D eigenvalue weighted by atomic mass is 9.95. The lowest BCUT2D eigenvalue weighted by Crippen LogP contribution is -2.55. The zero-order valence-electron chi connectivity index (χ0n) is 15.1. The zero-order valence-corrected chi connectivity index (χ0v) is 15.1. The molecule has 5 heteroatoms. The van der Waals surface area contributed by atoms with Gasteiger partial charge >= 0.3 is 0 Å². The van der Waals surface area contributed by atoms with Crippen LogP contribution in [0.5, 0.6) is 0 Å². The van der Waals surface area contributed by atoms with E-state index in [0.29, 0.717) is 18.5 Å². The Labute approximate surface area is 148 Å². The second-order valence-corrected chi connectivity index (χ2v) is 6.95. The van der Waals surface area contributed by atoms with E-state index >= 15 is 0 Å². The number of benzene rings is 1. The highest BCUT2D eigenvalue weighted by molar-refractivity contribution is 6.01. The van der Waals surface area contributed by atoms with Gasteiger partial charge in [-0.1, -0.05) is 44.9 Å². The summed E-state index contributed by atoms with van der Waals surface area (Å²) in [5, 5.41) is 5.87. The van der Waals surface area contributed by atoms with Gasteiger partial charge in [-0.3, -0.25) is 14.4 Å². The third kappa shape index (κ3) is 5.02. The van der Waals surface area contributed by atoms with Crippen molar-refractivity contribution >= 4 is 29.4 Å². The number of carbonyl (C=O) groups is 3. The Kier molecular flexibility index (Phi) is 6.12. The number of anilines is 1. The minimum atomic E-state index is -0.811. The van der Waals surface area contributed by atoms with E-state index in [2.05, 4.69) is 10.6 Å². The second kappa shape index (κ2) is 8.10. The van der Waals surface area contributed by atoms with E-state index in [-0.39, 0.29) is 23.5 Å². The minimum Gasteiger partial charge on any atom is -0.341 e. The Hall–Kier alpha value is -2.43. The lowest BCUT2D eigenvalue weighted by molar-refractivity contribution is -0.132. The van der Waals surface area contributed by atoms with Crippen LogP contribution in [0, 0.1) is 5.92 Å². The highest BCUT2D eigenvalue weighted by Crippen LogP contribution is 2.31. The SMILES string of the molecule is CC(=O)/C=C/c1ccc(NC(=O)C2(NC(=O)C(C)C)CCCC2)cc1. The maximum absolute atomic E-state index is 12.8. The van der Waals surface area contributed by atoms with E-state index in [1.807, 2.05) is 26.0 Å². The maximum Gasteiger partial charge on any atom is 0.250 e. The van der Waals surface area contributed by atoms with Crippen LogP contribution < -0.4 is 10.6 Å². The normalized spacial score (nSPS) is 16.2. The standard InChI is InChI=1S/C20H26N2O3/c1-14(2)18(24)22-20(12-4-5-13-20)19(25)21-17-10-8-16(9-11-17)7-6-15(3)23/h6-11,14H,4-5,12-13H2,1-3H3,(H,21,25)(H,22,24)/b7-6+. The number of hydrogen-bond donors (Lipinski definition) is 2. The van der Waals surface area contributed by atoms with Crippen LogP contribution in [0.3, 0.4) is 0 Å². The third-order valence-electron chi connectivity index (χ3n) is 4.46. The molecule has 0 bridgehead atoms. The predicted molar refractivity (Wildman–Crippen MR) is 99.0 cm³/mol. The molecule has 0 aromatic heterocycles. The number of ketones is 1. The van der Waals surface area contributed by atoms with Gasteiger partial charge in [0.15, 0.2) is 5.78 Å². The molecule has 0 unspecified atom stereocenters. The number of allylic oxidation sites excluding steroid dienone is 1. The van der Waals surface area contributed by atoms with E-state index in [1.165, 1.54) is 13.0 Å². The molecule has 1 aliphatic rings. The fourth-order valence-electron chi connectivity index (χ4n) is 2.91. The van der Waals surface area contributed by atoms with E-state index in [9.17, 15) is 14.4 Å². The van der Waals surface area contributed by atoms with Gasteiger partial charge in [-0.05, 0) is 43.5 Å². The van der Waals surface area contributed by atoms with Crippen molar-refractivity contribution in [2.24, 2.45) is 5.92 Å². The van der Waals surface area contributed by atoms with E-state index in [1.54, 1.807) is 18.2 Å². The Bertz CT molecular complexity index is 669. The molecule has 2 rings (SSSR count). The summed E-state index contributed by atoms with van der Waals surface area (Å²) in [4.78, 5) is 35.9. The van der Waals surface area contributed by atoms with E-state index in [4.69, 9.17) is 0 Å². The lowest BCUT2D eigenvalue weighted by Gasteiger charge is -2.30. The molecule has 0 saturated heterocycles. The van der Waals surface area contributed by atoms with Gasteiger partial charge in [0, 0.05) is 11.6 Å². The summed E-state index contributed by atoms with van der Waals surface area (Å²) in [6.45, 7) is 5.14. The number of rotatable bonds is 6. The van der Waals surface area contributed by atoms with Crippen molar-refractivity contribution < 1.29 is 14.4 Å². The summed E-state index contributed by atoms with van der Waals surface area (Å²) in [5.74, 6) is -0.424. The molecule has 1 aliphatic carbocycles.